The van der Waals surface area contributed by atoms with E-state index in [4.69, 9.17) is 8.83 Å². The molecule has 0 spiro atoms. The summed E-state index contributed by atoms with van der Waals surface area (Å²) in [4.78, 5) is 5.28. The van der Waals surface area contributed by atoms with Crippen LogP contribution in [-0.2, 0) is 32.5 Å². The van der Waals surface area contributed by atoms with Crippen LogP contribution in [0.3, 0.4) is 0 Å². The molecule has 0 unspecified atom stereocenters. The zero-order valence-electron chi connectivity index (χ0n) is 75.7. The first kappa shape index (κ1) is 73.9. The smallest absolute Gasteiger partial charge is 0.252 e. The van der Waals surface area contributed by atoms with Gasteiger partial charge in [-0.25, -0.2) is 0 Å². The number of aryl methyl sites for hydroxylation is 1. The molecule has 4 nitrogen and oxygen atoms in total. The van der Waals surface area contributed by atoms with Gasteiger partial charge in [-0.1, -0.05) is 349 Å². The predicted octanol–water partition coefficient (Wildman–Crippen LogP) is 31.0. The largest absolute Gasteiger partial charge is 0.456 e. The second-order valence-corrected chi connectivity index (χ2v) is 40.0. The minimum absolute atomic E-state index is 0.169. The highest BCUT2D eigenvalue weighted by Gasteiger charge is 2.47. The predicted molar refractivity (Wildman–Crippen MR) is 515 cm³/mol. The number of para-hydroxylation sites is 2. The molecule has 15 aromatic carbocycles. The summed E-state index contributed by atoms with van der Waals surface area (Å²) in [5.74, 6) is 0. The summed E-state index contributed by atoms with van der Waals surface area (Å²) in [6, 6.07) is 113. The standard InChI is InChI=1S/C115H107BN2O2/c1-70-53-93(87-43-33-47-103-105(87)89-41-29-31-45-101(89)119-103)109(94(54-70)88-44-34-48-104-106(88)90-42-30-32-46-102(90)120-104)117-97-52-50-74(77-55-76(71-35-23-20-24-36-71)56-81(57-77)110(2,3)4)62-96(97)116-95-51-49-75(78-58-82(111(5,6)7)66-83(59-78)112(8,9)10)63-98(95)118(100-65-80(64-99(117)107(100)116)79-60-84(113(11,12)13)67-85(61-79)114(14,15)16)108-91(72-37-25-21-26-38-72)68-86(115(17,18)19)69-92(108)73-39-27-22-28-40-73/h20-69H,1-19H3/i1D3. The van der Waals surface area contributed by atoms with E-state index in [-0.39, 0.29) is 38.1 Å². The Morgan fingerprint density at radius 1 is 0.242 bits per heavy atom. The summed E-state index contributed by atoms with van der Waals surface area (Å²) in [6.45, 7) is 39.0. The number of fused-ring (bicyclic) bond motifs is 10. The Kier molecular flexibility index (Phi) is 17.5. The van der Waals surface area contributed by atoms with Gasteiger partial charge in [0.2, 0.25) is 0 Å². The Labute approximate surface area is 714 Å². The third-order valence-corrected chi connectivity index (χ3v) is 25.4. The van der Waals surface area contributed by atoms with E-state index < -0.39 is 13.6 Å². The van der Waals surface area contributed by atoms with Gasteiger partial charge < -0.3 is 18.6 Å². The van der Waals surface area contributed by atoms with Crippen LogP contribution in [0, 0.1) is 6.85 Å². The Balaban J connectivity index is 1.06. The molecule has 17 aromatic rings. The van der Waals surface area contributed by atoms with Crippen molar-refractivity contribution in [3.63, 3.8) is 0 Å². The fourth-order valence-corrected chi connectivity index (χ4v) is 18.6. The maximum Gasteiger partial charge on any atom is 0.252 e. The van der Waals surface area contributed by atoms with Crippen molar-refractivity contribution >= 4 is 101 Å². The van der Waals surface area contributed by atoms with Crippen LogP contribution in [-0.4, -0.2) is 6.71 Å². The normalized spacial score (nSPS) is 13.7. The number of furan rings is 2. The van der Waals surface area contributed by atoms with E-state index >= 15 is 0 Å². The van der Waals surface area contributed by atoms with Gasteiger partial charge in [-0.05, 0) is 240 Å². The fraction of sp³-hybridized carbons (Fsp3) is 0.217. The number of hydrogen-bond acceptors (Lipinski definition) is 4. The molecule has 0 bridgehead atoms. The maximum absolute atomic E-state index is 9.83. The van der Waals surface area contributed by atoms with Gasteiger partial charge in [0.05, 0.1) is 11.4 Å². The minimum Gasteiger partial charge on any atom is -0.456 e. The third-order valence-electron chi connectivity index (χ3n) is 25.4. The second-order valence-electron chi connectivity index (χ2n) is 40.0. The lowest BCUT2D eigenvalue weighted by Gasteiger charge is -2.46. The summed E-state index contributed by atoms with van der Waals surface area (Å²) in [7, 11) is 0. The molecule has 2 aliphatic rings. The van der Waals surface area contributed by atoms with Crippen LogP contribution in [0.2, 0.25) is 0 Å². The Morgan fingerprint density at radius 3 is 1.05 bits per heavy atom. The van der Waals surface area contributed by atoms with E-state index in [9.17, 15) is 4.11 Å². The van der Waals surface area contributed by atoms with Crippen LogP contribution in [0.1, 0.15) is 168 Å². The first-order valence-corrected chi connectivity index (χ1v) is 42.8. The molecule has 0 amide bonds. The molecule has 19 rings (SSSR count). The SMILES string of the molecule is [2H]C([2H])([2H])c1cc(-c2cccc3oc4ccccc4c23)c(N2c3ccc(-c4cc(-c5ccccc5)cc(C(C)(C)C)c4)cc3B3c4ccc(-c5cc(C(C)(C)C)cc(C(C)(C)C)c5)cc4N(c4c(-c5ccccc5)cc(C(C)(C)C)cc4-c4ccccc4)c4cc(-c5cc(C(C)(C)C)cc(C(C)(C)C)c5)cc2c43)c(-c2cccc3oc4ccccc4c23)c1. The molecular formula is C115H107BN2O2. The lowest BCUT2D eigenvalue weighted by atomic mass is 9.33. The van der Waals surface area contributed by atoms with Crippen molar-refractivity contribution in [2.24, 2.45) is 0 Å². The van der Waals surface area contributed by atoms with Gasteiger partial charge in [-0.2, -0.15) is 0 Å². The van der Waals surface area contributed by atoms with E-state index in [1.165, 1.54) is 33.4 Å². The highest BCUT2D eigenvalue weighted by atomic mass is 16.3. The molecule has 0 saturated carbocycles. The van der Waals surface area contributed by atoms with Gasteiger partial charge in [0.15, 0.2) is 0 Å². The van der Waals surface area contributed by atoms with E-state index in [2.05, 4.69) is 389 Å². The summed E-state index contributed by atoms with van der Waals surface area (Å²) in [6.07, 6.45) is 0. The molecule has 0 radical (unpaired) electrons. The lowest BCUT2D eigenvalue weighted by Crippen LogP contribution is -2.61. The molecule has 5 heteroatoms. The maximum atomic E-state index is 9.83. The molecule has 2 aliphatic heterocycles. The topological polar surface area (TPSA) is 32.8 Å². The van der Waals surface area contributed by atoms with Crippen molar-refractivity contribution in [1.82, 2.24) is 0 Å². The molecule has 2 aromatic heterocycles. The fourth-order valence-electron chi connectivity index (χ4n) is 18.6. The number of nitrogens with zero attached hydrogens (tertiary/aromatic N) is 2. The van der Waals surface area contributed by atoms with Gasteiger partial charge >= 0.3 is 0 Å². The highest BCUT2D eigenvalue weighted by Crippen LogP contribution is 2.58. The summed E-state index contributed by atoms with van der Waals surface area (Å²) < 4.78 is 43.4. The Morgan fingerprint density at radius 2 is 0.592 bits per heavy atom. The third kappa shape index (κ3) is 13.6. The minimum atomic E-state index is -2.59. The molecule has 0 atom stereocenters. The van der Waals surface area contributed by atoms with Crippen molar-refractivity contribution < 1.29 is 12.9 Å². The zero-order valence-corrected chi connectivity index (χ0v) is 72.7. The van der Waals surface area contributed by atoms with Gasteiger partial charge in [0.25, 0.3) is 6.71 Å². The van der Waals surface area contributed by atoms with E-state index in [1.54, 1.807) is 0 Å². The first-order chi connectivity index (χ1) is 58.4. The summed E-state index contributed by atoms with van der Waals surface area (Å²) >= 11 is 0. The van der Waals surface area contributed by atoms with Crippen LogP contribution >= 0.6 is 0 Å². The van der Waals surface area contributed by atoms with Crippen LogP contribution in [0.15, 0.2) is 312 Å². The van der Waals surface area contributed by atoms with Gasteiger partial charge in [0.1, 0.15) is 22.3 Å². The molecule has 0 saturated heterocycles. The van der Waals surface area contributed by atoms with E-state index in [0.29, 0.717) is 11.2 Å². The van der Waals surface area contributed by atoms with Crippen LogP contribution in [0.5, 0.6) is 0 Å². The summed E-state index contributed by atoms with van der Waals surface area (Å²) in [5, 5.41) is 3.62. The number of benzene rings is 15. The van der Waals surface area contributed by atoms with Crippen molar-refractivity contribution in [1.29, 1.82) is 0 Å². The number of hydrogen-bond donors (Lipinski definition) is 0. The highest BCUT2D eigenvalue weighted by molar-refractivity contribution is 7.00. The molecule has 0 aliphatic carbocycles. The van der Waals surface area contributed by atoms with Crippen LogP contribution in [0.4, 0.5) is 34.1 Å². The van der Waals surface area contributed by atoms with Crippen LogP contribution < -0.4 is 26.2 Å². The van der Waals surface area contributed by atoms with Gasteiger partial charge in [-0.15, -0.1) is 0 Å². The van der Waals surface area contributed by atoms with Gasteiger partial charge in [-0.3, -0.25) is 0 Å². The average molecular weight is 1560 g/mol. The van der Waals surface area contributed by atoms with Crippen molar-refractivity contribution in [3.8, 4) is 89.0 Å². The van der Waals surface area contributed by atoms with E-state index in [1.807, 2.05) is 48.5 Å². The second kappa shape index (κ2) is 28.4. The molecule has 4 heterocycles. The number of anilines is 6. The molecule has 0 fully saturated rings. The monoisotopic (exact) mass is 1560 g/mol. The quantitative estimate of drug-likeness (QED) is 0.128. The Bertz CT molecular complexity index is 6840. The molecule has 0 N–H and O–H groups in total. The van der Waals surface area contributed by atoms with Gasteiger partial charge in [0, 0.05) is 70.7 Å². The Hall–Kier alpha value is -12.4. The van der Waals surface area contributed by atoms with Crippen molar-refractivity contribution in [2.75, 3.05) is 9.80 Å². The van der Waals surface area contributed by atoms with Crippen molar-refractivity contribution in [3.05, 3.63) is 342 Å². The zero-order chi connectivity index (χ0) is 86.1. The molecular weight excluding hydrogens is 1450 g/mol. The first-order valence-electron chi connectivity index (χ1n) is 44.3. The van der Waals surface area contributed by atoms with Crippen LogP contribution in [0.25, 0.3) is 133 Å². The van der Waals surface area contributed by atoms with Crippen molar-refractivity contribution in [2.45, 2.75) is 164 Å². The average Bonchev–Trinajstić information content (AvgIpc) is 1.20. The number of rotatable bonds is 10. The van der Waals surface area contributed by atoms with E-state index in [0.717, 1.165) is 172 Å². The molecule has 592 valence electrons. The summed E-state index contributed by atoms with van der Waals surface area (Å²) in [5.41, 5.74) is 34.7. The molecule has 120 heavy (non-hydrogen) atoms. The lowest BCUT2D eigenvalue weighted by molar-refractivity contribution is 0.568.